The Labute approximate surface area is 121 Å². The van der Waals surface area contributed by atoms with Gasteiger partial charge in [0.25, 0.3) is 0 Å². The van der Waals surface area contributed by atoms with Gasteiger partial charge in [-0.25, -0.2) is 4.98 Å². The molecule has 3 aromatic heterocycles. The Bertz CT molecular complexity index is 809. The molecule has 0 aromatic carbocycles. The van der Waals surface area contributed by atoms with E-state index in [1.165, 1.54) is 6.92 Å². The van der Waals surface area contributed by atoms with E-state index < -0.39 is 0 Å². The minimum absolute atomic E-state index is 0.0426. The summed E-state index contributed by atoms with van der Waals surface area (Å²) in [7, 11) is 0. The molecule has 3 aromatic rings. The summed E-state index contributed by atoms with van der Waals surface area (Å²) in [6, 6.07) is 5.46. The van der Waals surface area contributed by atoms with Gasteiger partial charge in [0.1, 0.15) is 6.33 Å². The summed E-state index contributed by atoms with van der Waals surface area (Å²) in [6.45, 7) is 3.42. The average molecular weight is 286 g/mol. The van der Waals surface area contributed by atoms with Gasteiger partial charge < -0.3 is 0 Å². The normalized spacial score (nSPS) is 10.9. The number of carbonyl (C=O) groups excluding carboxylic acids is 1. The van der Waals surface area contributed by atoms with Gasteiger partial charge in [-0.1, -0.05) is 11.6 Å². The van der Waals surface area contributed by atoms with Crippen LogP contribution in [0, 0.1) is 6.92 Å². The molecule has 0 spiro atoms. The van der Waals surface area contributed by atoms with Crippen LogP contribution in [0.4, 0.5) is 0 Å². The second-order valence-electron chi connectivity index (χ2n) is 4.60. The molecule has 0 fully saturated rings. The van der Waals surface area contributed by atoms with Crippen molar-refractivity contribution in [2.24, 2.45) is 0 Å². The van der Waals surface area contributed by atoms with Crippen molar-refractivity contribution in [3.8, 4) is 11.3 Å². The van der Waals surface area contributed by atoms with E-state index in [9.17, 15) is 4.79 Å². The molecule has 0 unspecified atom stereocenters. The number of Topliss-reactive ketones (excluding diaryl/α,β-unsaturated/α-hetero) is 1. The first-order valence-electron chi connectivity index (χ1n) is 6.17. The lowest BCUT2D eigenvalue weighted by Crippen LogP contribution is -2.03. The molecule has 0 amide bonds. The van der Waals surface area contributed by atoms with Crippen LogP contribution < -0.4 is 0 Å². The molecule has 0 radical (unpaired) electrons. The van der Waals surface area contributed by atoms with Crippen molar-refractivity contribution in [1.29, 1.82) is 0 Å². The number of carbonyl (C=O) groups is 1. The highest BCUT2D eigenvalue weighted by Crippen LogP contribution is 2.31. The number of rotatable bonds is 2. The predicted molar refractivity (Wildman–Crippen MR) is 78.2 cm³/mol. The monoisotopic (exact) mass is 285 g/mol. The predicted octanol–water partition coefficient (Wildman–Crippen LogP) is 3.56. The number of pyridine rings is 2. The molecule has 0 aliphatic carbocycles. The summed E-state index contributed by atoms with van der Waals surface area (Å²) in [4.78, 5) is 20.3. The Balaban J connectivity index is 2.47. The Morgan fingerprint density at radius 3 is 2.85 bits per heavy atom. The highest BCUT2D eigenvalue weighted by atomic mass is 35.5. The zero-order chi connectivity index (χ0) is 14.3. The maximum atomic E-state index is 11.9. The van der Waals surface area contributed by atoms with Crippen molar-refractivity contribution >= 4 is 22.9 Å². The van der Waals surface area contributed by atoms with Crippen molar-refractivity contribution in [2.75, 3.05) is 0 Å². The SMILES string of the molecule is CC(=O)c1cc(Cl)c2c(C)ncn2c1-c1cccnc1. The van der Waals surface area contributed by atoms with Gasteiger partial charge in [0.15, 0.2) is 5.78 Å². The molecule has 0 N–H and O–H groups in total. The summed E-state index contributed by atoms with van der Waals surface area (Å²) >= 11 is 6.28. The molecule has 100 valence electrons. The number of aryl methyl sites for hydroxylation is 1. The van der Waals surface area contributed by atoms with Gasteiger partial charge in [-0.05, 0) is 32.0 Å². The molecule has 20 heavy (non-hydrogen) atoms. The Kier molecular flexibility index (Phi) is 3.03. The zero-order valence-electron chi connectivity index (χ0n) is 11.1. The van der Waals surface area contributed by atoms with Crippen LogP contribution in [-0.2, 0) is 0 Å². The summed E-state index contributed by atoms with van der Waals surface area (Å²) in [5.74, 6) is -0.0426. The average Bonchev–Trinajstić information content (AvgIpc) is 2.82. The minimum Gasteiger partial charge on any atom is -0.296 e. The molecule has 0 bridgehead atoms. The van der Waals surface area contributed by atoms with Crippen molar-refractivity contribution in [1.82, 2.24) is 14.4 Å². The minimum atomic E-state index is -0.0426. The van der Waals surface area contributed by atoms with Crippen LogP contribution >= 0.6 is 11.6 Å². The van der Waals surface area contributed by atoms with Gasteiger partial charge >= 0.3 is 0 Å². The third kappa shape index (κ3) is 1.89. The number of imidazole rings is 1. The van der Waals surface area contributed by atoms with Crippen molar-refractivity contribution in [2.45, 2.75) is 13.8 Å². The molecule has 0 atom stereocenters. The lowest BCUT2D eigenvalue weighted by atomic mass is 10.0. The zero-order valence-corrected chi connectivity index (χ0v) is 11.8. The maximum absolute atomic E-state index is 11.9. The van der Waals surface area contributed by atoms with Gasteiger partial charge in [-0.15, -0.1) is 0 Å². The van der Waals surface area contributed by atoms with Gasteiger partial charge in [-0.3, -0.25) is 14.2 Å². The third-order valence-corrected chi connectivity index (χ3v) is 3.55. The number of ketones is 1. The maximum Gasteiger partial charge on any atom is 0.161 e. The fourth-order valence-corrected chi connectivity index (χ4v) is 2.69. The van der Waals surface area contributed by atoms with Gasteiger partial charge in [-0.2, -0.15) is 0 Å². The Hall–Kier alpha value is -2.20. The van der Waals surface area contributed by atoms with Crippen molar-refractivity contribution in [3.05, 3.63) is 53.2 Å². The smallest absolute Gasteiger partial charge is 0.161 e. The molecule has 0 aliphatic heterocycles. The van der Waals surface area contributed by atoms with Crippen LogP contribution in [0.3, 0.4) is 0 Å². The van der Waals surface area contributed by atoms with Gasteiger partial charge in [0.05, 0.1) is 21.9 Å². The Morgan fingerprint density at radius 1 is 1.40 bits per heavy atom. The number of nitrogens with zero attached hydrogens (tertiary/aromatic N) is 3. The lowest BCUT2D eigenvalue weighted by molar-refractivity contribution is 0.101. The van der Waals surface area contributed by atoms with Crippen LogP contribution in [0.15, 0.2) is 36.9 Å². The Morgan fingerprint density at radius 2 is 2.20 bits per heavy atom. The molecule has 0 saturated heterocycles. The lowest BCUT2D eigenvalue weighted by Gasteiger charge is -2.12. The van der Waals surface area contributed by atoms with Crippen molar-refractivity contribution in [3.63, 3.8) is 0 Å². The first-order chi connectivity index (χ1) is 9.59. The fourth-order valence-electron chi connectivity index (χ4n) is 2.35. The topological polar surface area (TPSA) is 47.3 Å². The van der Waals surface area contributed by atoms with Crippen LogP contribution in [0.2, 0.25) is 5.02 Å². The number of hydrogen-bond acceptors (Lipinski definition) is 3. The summed E-state index contributed by atoms with van der Waals surface area (Å²) in [5.41, 5.74) is 3.83. The summed E-state index contributed by atoms with van der Waals surface area (Å²) in [6.07, 6.45) is 5.11. The van der Waals surface area contributed by atoms with Gasteiger partial charge in [0, 0.05) is 23.5 Å². The van der Waals surface area contributed by atoms with Crippen molar-refractivity contribution < 1.29 is 4.79 Å². The molecule has 0 aliphatic rings. The van der Waals surface area contributed by atoms with E-state index in [1.807, 2.05) is 23.5 Å². The molecule has 3 rings (SSSR count). The molecule has 5 heteroatoms. The highest BCUT2D eigenvalue weighted by molar-refractivity contribution is 6.34. The summed E-state index contributed by atoms with van der Waals surface area (Å²) < 4.78 is 1.85. The number of hydrogen-bond donors (Lipinski definition) is 0. The largest absolute Gasteiger partial charge is 0.296 e. The number of halogens is 1. The molecule has 4 nitrogen and oxygen atoms in total. The van der Waals surface area contributed by atoms with E-state index in [0.29, 0.717) is 10.6 Å². The molecular formula is C15H12ClN3O. The van der Waals surface area contributed by atoms with Crippen LogP contribution in [0.25, 0.3) is 16.8 Å². The summed E-state index contributed by atoms with van der Waals surface area (Å²) in [5, 5.41) is 0.526. The number of fused-ring (bicyclic) bond motifs is 1. The van der Waals surface area contributed by atoms with Crippen LogP contribution in [-0.4, -0.2) is 20.2 Å². The van der Waals surface area contributed by atoms with E-state index in [0.717, 1.165) is 22.5 Å². The second kappa shape index (κ2) is 4.72. The van der Waals surface area contributed by atoms with Crippen LogP contribution in [0.5, 0.6) is 0 Å². The van der Waals surface area contributed by atoms with E-state index in [4.69, 9.17) is 11.6 Å². The highest BCUT2D eigenvalue weighted by Gasteiger charge is 2.17. The molecule has 3 heterocycles. The van der Waals surface area contributed by atoms with Gasteiger partial charge in [0.2, 0.25) is 0 Å². The number of aromatic nitrogens is 3. The first-order valence-corrected chi connectivity index (χ1v) is 6.55. The quantitative estimate of drug-likeness (QED) is 0.676. The first kappa shape index (κ1) is 12.8. The van der Waals surface area contributed by atoms with E-state index >= 15 is 0 Å². The van der Waals surface area contributed by atoms with E-state index in [2.05, 4.69) is 9.97 Å². The third-order valence-electron chi connectivity index (χ3n) is 3.26. The van der Waals surface area contributed by atoms with E-state index in [-0.39, 0.29) is 5.78 Å². The second-order valence-corrected chi connectivity index (χ2v) is 5.01. The molecular weight excluding hydrogens is 274 g/mol. The van der Waals surface area contributed by atoms with Crippen LogP contribution in [0.1, 0.15) is 23.0 Å². The van der Waals surface area contributed by atoms with E-state index in [1.54, 1.807) is 24.8 Å². The standard InChI is InChI=1S/C15H12ClN3O/c1-9-14-13(16)6-12(10(2)20)15(19(14)8-18-9)11-4-3-5-17-7-11/h3-8H,1-2H3. The fraction of sp³-hybridized carbons (Fsp3) is 0.133. The molecule has 0 saturated carbocycles.